The van der Waals surface area contributed by atoms with Crippen LogP contribution in [0.25, 0.3) is 0 Å². The Balaban J connectivity index is 2.46. The Morgan fingerprint density at radius 3 is 2.88 bits per heavy atom. The van der Waals surface area contributed by atoms with Crippen LogP contribution in [0.4, 0.5) is 0 Å². The highest BCUT2D eigenvalue weighted by atomic mass is 35.5. The van der Waals surface area contributed by atoms with E-state index in [9.17, 15) is 4.79 Å². The van der Waals surface area contributed by atoms with Crippen LogP contribution in [0.1, 0.15) is 36.2 Å². The molecule has 1 aromatic rings. The van der Waals surface area contributed by atoms with Gasteiger partial charge < -0.3 is 10.5 Å². The predicted octanol–water partition coefficient (Wildman–Crippen LogP) is 3.05. The molecular weight excluding hydrogens is 246 g/mol. The van der Waals surface area contributed by atoms with Crippen LogP contribution < -0.4 is 5.73 Å². The highest BCUT2D eigenvalue weighted by Gasteiger charge is 2.13. The van der Waals surface area contributed by atoms with Crippen molar-refractivity contribution in [1.82, 2.24) is 0 Å². The summed E-state index contributed by atoms with van der Waals surface area (Å²) in [6.07, 6.45) is 0.943. The minimum absolute atomic E-state index is 0.138. The third-order valence-corrected chi connectivity index (χ3v) is 3.89. The summed E-state index contributed by atoms with van der Waals surface area (Å²) < 4.78 is 5.61. The van der Waals surface area contributed by atoms with Crippen molar-refractivity contribution >= 4 is 28.9 Å². The first-order valence-electron chi connectivity index (χ1n) is 5.21. The van der Waals surface area contributed by atoms with Crippen LogP contribution in [-0.2, 0) is 9.53 Å². The molecule has 1 unspecified atom stereocenters. The van der Waals surface area contributed by atoms with Gasteiger partial charge in [0.05, 0.1) is 10.9 Å². The number of carbonyl (C=O) groups is 1. The molecule has 1 heterocycles. The lowest BCUT2D eigenvalue weighted by molar-refractivity contribution is -0.143. The van der Waals surface area contributed by atoms with E-state index < -0.39 is 0 Å². The topological polar surface area (TPSA) is 52.3 Å². The molecule has 0 saturated carbocycles. The van der Waals surface area contributed by atoms with Gasteiger partial charge in [-0.25, -0.2) is 0 Å². The van der Waals surface area contributed by atoms with Gasteiger partial charge >= 0.3 is 5.97 Å². The molecule has 3 nitrogen and oxygen atoms in total. The minimum atomic E-state index is -0.197. The van der Waals surface area contributed by atoms with Crippen molar-refractivity contribution in [2.24, 2.45) is 5.73 Å². The van der Waals surface area contributed by atoms with Gasteiger partial charge in [0.1, 0.15) is 0 Å². The smallest absolute Gasteiger partial charge is 0.305 e. The fraction of sp³-hybridized carbons (Fsp3) is 0.545. The number of ether oxygens (including phenoxy) is 1. The van der Waals surface area contributed by atoms with E-state index in [0.29, 0.717) is 19.4 Å². The molecule has 1 atom stereocenters. The summed E-state index contributed by atoms with van der Waals surface area (Å²) in [5.41, 5.74) is 7.00. The number of thiophene rings is 1. The maximum Gasteiger partial charge on any atom is 0.305 e. The van der Waals surface area contributed by atoms with Crippen molar-refractivity contribution in [3.05, 3.63) is 20.8 Å². The summed E-state index contributed by atoms with van der Waals surface area (Å²) in [5, 5.41) is 0. The monoisotopic (exact) mass is 261 g/mol. The standard InChI is InChI=1S/C11H16ClNO2S/c1-3-15-10(14)5-4-8(13)9-6-7(2)11(12)16-9/h6,8H,3-5,13H2,1-2H3. The third-order valence-electron chi connectivity index (χ3n) is 2.21. The number of carbonyl (C=O) groups excluding carboxylic acids is 1. The SMILES string of the molecule is CCOC(=O)CCC(N)c1cc(C)c(Cl)s1. The molecule has 16 heavy (non-hydrogen) atoms. The van der Waals surface area contributed by atoms with E-state index in [2.05, 4.69) is 0 Å². The second-order valence-electron chi connectivity index (χ2n) is 3.56. The molecule has 1 rings (SSSR count). The summed E-state index contributed by atoms with van der Waals surface area (Å²) in [7, 11) is 0. The van der Waals surface area contributed by atoms with Gasteiger partial charge in [0.2, 0.25) is 0 Å². The molecule has 0 aliphatic heterocycles. The Bertz CT molecular complexity index is 345. The largest absolute Gasteiger partial charge is 0.466 e. The molecular formula is C11H16ClNO2S. The van der Waals surface area contributed by atoms with Crippen LogP contribution in [-0.4, -0.2) is 12.6 Å². The van der Waals surface area contributed by atoms with Crippen LogP contribution in [0, 0.1) is 6.92 Å². The normalized spacial score (nSPS) is 12.5. The number of aryl methyl sites for hydroxylation is 1. The Kier molecular flexibility index (Phi) is 5.25. The van der Waals surface area contributed by atoms with Crippen molar-refractivity contribution in [2.75, 3.05) is 6.61 Å². The van der Waals surface area contributed by atoms with Crippen molar-refractivity contribution in [3.8, 4) is 0 Å². The molecule has 0 aliphatic rings. The summed E-state index contributed by atoms with van der Waals surface area (Å²) in [6, 6.07) is 1.84. The Hall–Kier alpha value is -0.580. The zero-order valence-electron chi connectivity index (χ0n) is 9.46. The molecule has 2 N–H and O–H groups in total. The fourth-order valence-corrected chi connectivity index (χ4v) is 2.57. The molecule has 5 heteroatoms. The molecule has 1 aromatic heterocycles. The van der Waals surface area contributed by atoms with Gasteiger partial charge in [0, 0.05) is 17.3 Å². The molecule has 0 amide bonds. The maximum absolute atomic E-state index is 11.2. The average molecular weight is 262 g/mol. The van der Waals surface area contributed by atoms with Crippen LogP contribution in [0.2, 0.25) is 4.34 Å². The second kappa shape index (κ2) is 6.23. The van der Waals surface area contributed by atoms with E-state index in [1.807, 2.05) is 13.0 Å². The van der Waals surface area contributed by atoms with E-state index >= 15 is 0 Å². The first-order chi connectivity index (χ1) is 7.54. The van der Waals surface area contributed by atoms with Gasteiger partial charge in [0.25, 0.3) is 0 Å². The van der Waals surface area contributed by atoms with Crippen LogP contribution in [0.5, 0.6) is 0 Å². The van der Waals surface area contributed by atoms with Crippen molar-refractivity contribution in [2.45, 2.75) is 32.7 Å². The molecule has 0 saturated heterocycles. The number of halogens is 1. The molecule has 0 radical (unpaired) electrons. The van der Waals surface area contributed by atoms with Crippen LogP contribution >= 0.6 is 22.9 Å². The number of esters is 1. The van der Waals surface area contributed by atoms with E-state index in [1.54, 1.807) is 6.92 Å². The molecule has 90 valence electrons. The van der Waals surface area contributed by atoms with Crippen molar-refractivity contribution < 1.29 is 9.53 Å². The molecule has 0 spiro atoms. The van der Waals surface area contributed by atoms with E-state index in [-0.39, 0.29) is 12.0 Å². The van der Waals surface area contributed by atoms with Crippen LogP contribution in [0.15, 0.2) is 6.07 Å². The molecule has 0 aliphatic carbocycles. The predicted molar refractivity (Wildman–Crippen MR) is 66.9 cm³/mol. The zero-order valence-corrected chi connectivity index (χ0v) is 11.0. The van der Waals surface area contributed by atoms with Gasteiger partial charge in [-0.1, -0.05) is 11.6 Å². The van der Waals surface area contributed by atoms with Crippen molar-refractivity contribution in [3.63, 3.8) is 0 Å². The van der Waals surface area contributed by atoms with Crippen LogP contribution in [0.3, 0.4) is 0 Å². The summed E-state index contributed by atoms with van der Waals surface area (Å²) in [4.78, 5) is 12.2. The summed E-state index contributed by atoms with van der Waals surface area (Å²) in [5.74, 6) is -0.197. The highest BCUT2D eigenvalue weighted by Crippen LogP contribution is 2.31. The lowest BCUT2D eigenvalue weighted by atomic mass is 10.1. The van der Waals surface area contributed by atoms with E-state index in [4.69, 9.17) is 22.1 Å². The Morgan fingerprint density at radius 2 is 2.38 bits per heavy atom. The van der Waals surface area contributed by atoms with Crippen molar-refractivity contribution in [1.29, 1.82) is 0 Å². The average Bonchev–Trinajstić information content (AvgIpc) is 2.56. The lowest BCUT2D eigenvalue weighted by Gasteiger charge is -2.08. The highest BCUT2D eigenvalue weighted by molar-refractivity contribution is 7.16. The van der Waals surface area contributed by atoms with Gasteiger partial charge in [0.15, 0.2) is 0 Å². The van der Waals surface area contributed by atoms with Gasteiger partial charge in [-0.05, 0) is 31.9 Å². The quantitative estimate of drug-likeness (QED) is 0.829. The van der Waals surface area contributed by atoms with Gasteiger partial charge in [-0.3, -0.25) is 4.79 Å². The number of nitrogens with two attached hydrogens (primary N) is 1. The number of rotatable bonds is 5. The first kappa shape index (κ1) is 13.5. The van der Waals surface area contributed by atoms with E-state index in [1.165, 1.54) is 11.3 Å². The lowest BCUT2D eigenvalue weighted by Crippen LogP contribution is -2.12. The van der Waals surface area contributed by atoms with Gasteiger partial charge in [-0.2, -0.15) is 0 Å². The molecule has 0 fully saturated rings. The summed E-state index contributed by atoms with van der Waals surface area (Å²) >= 11 is 7.43. The number of hydrogen-bond donors (Lipinski definition) is 1. The van der Waals surface area contributed by atoms with Gasteiger partial charge in [-0.15, -0.1) is 11.3 Å². The second-order valence-corrected chi connectivity index (χ2v) is 5.24. The molecule has 0 aromatic carbocycles. The summed E-state index contributed by atoms with van der Waals surface area (Å²) in [6.45, 7) is 4.15. The third kappa shape index (κ3) is 3.77. The first-order valence-corrected chi connectivity index (χ1v) is 6.41. The molecule has 0 bridgehead atoms. The fourth-order valence-electron chi connectivity index (χ4n) is 1.32. The Labute approximate surface area is 105 Å². The Morgan fingerprint density at radius 1 is 1.69 bits per heavy atom. The van der Waals surface area contributed by atoms with E-state index in [0.717, 1.165) is 14.8 Å². The minimum Gasteiger partial charge on any atom is -0.466 e. The maximum atomic E-state index is 11.2. The zero-order chi connectivity index (χ0) is 12.1. The number of hydrogen-bond acceptors (Lipinski definition) is 4.